The molecule has 0 fully saturated rings. The molecule has 0 aliphatic heterocycles. The summed E-state index contributed by atoms with van der Waals surface area (Å²) < 4.78 is 0.695. The molecule has 0 spiro atoms. The number of aliphatic hydroxyl groups excluding tert-OH is 1. The molecule has 0 bridgehead atoms. The summed E-state index contributed by atoms with van der Waals surface area (Å²) in [5.41, 5.74) is -1.18. The molecule has 1 aromatic heterocycles. The Kier molecular flexibility index (Phi) is 4.45. The third-order valence-corrected chi connectivity index (χ3v) is 2.53. The van der Waals surface area contributed by atoms with Crippen molar-refractivity contribution in [2.24, 2.45) is 0 Å². The van der Waals surface area contributed by atoms with Gasteiger partial charge in [0.1, 0.15) is 11.4 Å². The van der Waals surface area contributed by atoms with Gasteiger partial charge in [-0.2, -0.15) is 4.98 Å². The highest BCUT2D eigenvalue weighted by Crippen LogP contribution is 2.20. The Balaban J connectivity index is 2.73. The van der Waals surface area contributed by atoms with Crippen molar-refractivity contribution in [2.45, 2.75) is 12.5 Å². The van der Waals surface area contributed by atoms with Crippen LogP contribution < -0.4 is 10.6 Å². The van der Waals surface area contributed by atoms with E-state index in [0.717, 1.165) is 0 Å². The fourth-order valence-corrected chi connectivity index (χ4v) is 1.27. The number of hydrogen-bond donors (Lipinski definition) is 4. The largest absolute Gasteiger partial charge is 0.393 e. The lowest BCUT2D eigenvalue weighted by Gasteiger charge is -2.21. The van der Waals surface area contributed by atoms with Gasteiger partial charge in [0.05, 0.1) is 11.1 Å². The molecule has 90 valence electrons. The maximum atomic E-state index is 9.62. The smallest absolute Gasteiger partial charge is 0.224 e. The van der Waals surface area contributed by atoms with Gasteiger partial charge in [0.2, 0.25) is 5.95 Å². The molecule has 1 aromatic rings. The number of hydrogen-bond acceptors (Lipinski definition) is 6. The molecule has 1 atom stereocenters. The maximum absolute atomic E-state index is 9.62. The second-order valence-corrected chi connectivity index (χ2v) is 4.50. The van der Waals surface area contributed by atoms with Gasteiger partial charge in [0, 0.05) is 19.8 Å². The minimum absolute atomic E-state index is 0.197. The van der Waals surface area contributed by atoms with E-state index >= 15 is 0 Å². The number of halogens is 1. The average molecular weight is 291 g/mol. The van der Waals surface area contributed by atoms with Crippen molar-refractivity contribution in [3.05, 3.63) is 10.7 Å². The van der Waals surface area contributed by atoms with Gasteiger partial charge in [-0.1, -0.05) is 0 Å². The number of nitrogens with zero attached hydrogens (tertiary/aromatic N) is 2. The third kappa shape index (κ3) is 3.58. The maximum Gasteiger partial charge on any atom is 0.224 e. The van der Waals surface area contributed by atoms with Crippen LogP contribution in [0.4, 0.5) is 11.8 Å². The van der Waals surface area contributed by atoms with Gasteiger partial charge in [-0.25, -0.2) is 4.98 Å². The van der Waals surface area contributed by atoms with Crippen molar-refractivity contribution in [2.75, 3.05) is 30.8 Å². The van der Waals surface area contributed by atoms with E-state index in [9.17, 15) is 5.11 Å². The standard InChI is InChI=1S/C9H15BrN4O2/c1-9(16,5-15)4-13-7-6(10)3-12-8(11-2)14-7/h3,15-16H,4-5H2,1-2H3,(H2,11,12,13,14). The summed E-state index contributed by atoms with van der Waals surface area (Å²) >= 11 is 3.29. The van der Waals surface area contributed by atoms with Crippen molar-refractivity contribution in [1.29, 1.82) is 0 Å². The fourth-order valence-electron chi connectivity index (χ4n) is 0.942. The number of aliphatic hydroxyl groups is 2. The first-order valence-electron chi connectivity index (χ1n) is 4.76. The first-order chi connectivity index (χ1) is 7.48. The van der Waals surface area contributed by atoms with Crippen LogP contribution in [0.3, 0.4) is 0 Å². The van der Waals surface area contributed by atoms with Crippen molar-refractivity contribution in [1.82, 2.24) is 9.97 Å². The molecular formula is C9H15BrN4O2. The highest BCUT2D eigenvalue weighted by molar-refractivity contribution is 9.10. The normalized spacial score (nSPS) is 14.3. The molecule has 0 saturated carbocycles. The molecular weight excluding hydrogens is 276 g/mol. The zero-order chi connectivity index (χ0) is 12.2. The fraction of sp³-hybridized carbons (Fsp3) is 0.556. The Labute approximate surface area is 102 Å². The first-order valence-corrected chi connectivity index (χ1v) is 5.55. The lowest BCUT2D eigenvalue weighted by atomic mass is 10.1. The van der Waals surface area contributed by atoms with E-state index in [1.807, 2.05) is 0 Å². The molecule has 0 saturated heterocycles. The summed E-state index contributed by atoms with van der Waals surface area (Å²) in [4.78, 5) is 8.16. The van der Waals surface area contributed by atoms with E-state index in [1.165, 1.54) is 6.92 Å². The predicted molar refractivity (Wildman–Crippen MR) is 65.5 cm³/mol. The van der Waals surface area contributed by atoms with Gasteiger partial charge in [-0.15, -0.1) is 0 Å². The Morgan fingerprint density at radius 3 is 2.81 bits per heavy atom. The van der Waals surface area contributed by atoms with Crippen LogP contribution in [0.2, 0.25) is 0 Å². The van der Waals surface area contributed by atoms with Crippen LogP contribution >= 0.6 is 15.9 Å². The van der Waals surface area contributed by atoms with E-state index in [-0.39, 0.29) is 13.2 Å². The molecule has 0 amide bonds. The first kappa shape index (κ1) is 13.1. The molecule has 0 aliphatic carbocycles. The van der Waals surface area contributed by atoms with E-state index < -0.39 is 5.60 Å². The van der Waals surface area contributed by atoms with E-state index in [1.54, 1.807) is 13.2 Å². The van der Waals surface area contributed by atoms with Crippen LogP contribution in [0, 0.1) is 0 Å². The summed E-state index contributed by atoms with van der Waals surface area (Å²) in [5.74, 6) is 1.04. The predicted octanol–water partition coefficient (Wildman–Crippen LogP) is 0.436. The Morgan fingerprint density at radius 1 is 1.56 bits per heavy atom. The molecule has 7 heteroatoms. The van der Waals surface area contributed by atoms with Crippen LogP contribution in [0.15, 0.2) is 10.7 Å². The summed E-state index contributed by atoms with van der Waals surface area (Å²) in [6.45, 7) is 1.41. The van der Waals surface area contributed by atoms with E-state index in [4.69, 9.17) is 5.11 Å². The summed E-state index contributed by atoms with van der Waals surface area (Å²) in [6, 6.07) is 0. The number of anilines is 2. The quantitative estimate of drug-likeness (QED) is 0.629. The van der Waals surface area contributed by atoms with Gasteiger partial charge >= 0.3 is 0 Å². The molecule has 0 aliphatic rings. The minimum atomic E-state index is -1.18. The van der Waals surface area contributed by atoms with Gasteiger partial charge < -0.3 is 20.8 Å². The molecule has 0 aromatic carbocycles. The molecule has 1 rings (SSSR count). The van der Waals surface area contributed by atoms with Gasteiger partial charge in [0.15, 0.2) is 0 Å². The average Bonchev–Trinajstić information content (AvgIpc) is 2.28. The second-order valence-electron chi connectivity index (χ2n) is 3.65. The van der Waals surface area contributed by atoms with E-state index in [2.05, 4.69) is 36.5 Å². The highest BCUT2D eigenvalue weighted by atomic mass is 79.9. The highest BCUT2D eigenvalue weighted by Gasteiger charge is 2.19. The van der Waals surface area contributed by atoms with Crippen LogP contribution in [0.25, 0.3) is 0 Å². The molecule has 6 nitrogen and oxygen atoms in total. The van der Waals surface area contributed by atoms with Crippen LogP contribution in [0.1, 0.15) is 6.92 Å². The molecule has 1 unspecified atom stereocenters. The zero-order valence-corrected chi connectivity index (χ0v) is 10.7. The monoisotopic (exact) mass is 290 g/mol. The Hall–Kier alpha value is -0.920. The summed E-state index contributed by atoms with van der Waals surface area (Å²) in [6.07, 6.45) is 1.61. The SMILES string of the molecule is CNc1ncc(Br)c(NCC(C)(O)CO)n1. The van der Waals surface area contributed by atoms with Gasteiger partial charge in [-0.05, 0) is 22.9 Å². The van der Waals surface area contributed by atoms with Crippen molar-refractivity contribution in [3.63, 3.8) is 0 Å². The number of rotatable bonds is 5. The lowest BCUT2D eigenvalue weighted by Crippen LogP contribution is -2.37. The zero-order valence-electron chi connectivity index (χ0n) is 9.16. The van der Waals surface area contributed by atoms with Crippen LogP contribution in [-0.2, 0) is 0 Å². The van der Waals surface area contributed by atoms with Crippen LogP contribution in [0.5, 0.6) is 0 Å². The third-order valence-electron chi connectivity index (χ3n) is 1.95. The molecule has 16 heavy (non-hydrogen) atoms. The minimum Gasteiger partial charge on any atom is -0.393 e. The number of aromatic nitrogens is 2. The van der Waals surface area contributed by atoms with Crippen LogP contribution in [-0.4, -0.2) is 46.0 Å². The molecule has 4 N–H and O–H groups in total. The Morgan fingerprint density at radius 2 is 2.25 bits per heavy atom. The number of nitrogens with one attached hydrogen (secondary N) is 2. The second kappa shape index (κ2) is 5.42. The van der Waals surface area contributed by atoms with E-state index in [0.29, 0.717) is 16.2 Å². The Bertz CT molecular complexity index is 359. The summed E-state index contributed by atoms with van der Waals surface area (Å²) in [5, 5.41) is 24.3. The van der Waals surface area contributed by atoms with Crippen molar-refractivity contribution < 1.29 is 10.2 Å². The van der Waals surface area contributed by atoms with Gasteiger partial charge in [0.25, 0.3) is 0 Å². The van der Waals surface area contributed by atoms with Gasteiger partial charge in [-0.3, -0.25) is 0 Å². The summed E-state index contributed by atoms with van der Waals surface area (Å²) in [7, 11) is 1.72. The molecule has 1 heterocycles. The van der Waals surface area contributed by atoms with Crippen molar-refractivity contribution >= 4 is 27.7 Å². The molecule has 0 radical (unpaired) electrons. The topological polar surface area (TPSA) is 90.3 Å². The lowest BCUT2D eigenvalue weighted by molar-refractivity contribution is 0.0131. The van der Waals surface area contributed by atoms with Crippen molar-refractivity contribution in [3.8, 4) is 0 Å².